The minimum Gasteiger partial charge on any atom is -0.382 e. The fourth-order valence-electron chi connectivity index (χ4n) is 2.37. The van der Waals surface area contributed by atoms with Crippen molar-refractivity contribution in [3.63, 3.8) is 0 Å². The normalized spacial score (nSPS) is 19.9. The van der Waals surface area contributed by atoms with E-state index in [1.165, 1.54) is 5.56 Å². The predicted octanol–water partition coefficient (Wildman–Crippen LogP) is 1.47. The summed E-state index contributed by atoms with van der Waals surface area (Å²) in [5.74, 6) is 0. The van der Waals surface area contributed by atoms with Crippen LogP contribution in [-0.2, 0) is 16.0 Å². The molecule has 0 bridgehead atoms. The molecule has 19 heavy (non-hydrogen) atoms. The lowest BCUT2D eigenvalue weighted by molar-refractivity contribution is -0.0100. The van der Waals surface area contributed by atoms with E-state index in [9.17, 15) is 0 Å². The quantitative estimate of drug-likeness (QED) is 0.569. The van der Waals surface area contributed by atoms with Gasteiger partial charge in [-0.05, 0) is 24.9 Å². The molecule has 1 aliphatic heterocycles. The van der Waals surface area contributed by atoms with Gasteiger partial charge in [0, 0.05) is 26.2 Å². The van der Waals surface area contributed by atoms with Crippen LogP contribution in [0.1, 0.15) is 12.0 Å². The molecule has 0 saturated carbocycles. The number of hydroxylamine groups is 1. The molecule has 1 aromatic rings. The van der Waals surface area contributed by atoms with Crippen molar-refractivity contribution in [2.24, 2.45) is 0 Å². The van der Waals surface area contributed by atoms with E-state index < -0.39 is 0 Å². The van der Waals surface area contributed by atoms with E-state index in [0.29, 0.717) is 19.3 Å². The van der Waals surface area contributed by atoms with E-state index in [0.717, 1.165) is 32.5 Å². The zero-order valence-electron chi connectivity index (χ0n) is 11.7. The van der Waals surface area contributed by atoms with Crippen molar-refractivity contribution >= 4 is 0 Å². The number of rotatable bonds is 8. The number of hydrogen-bond acceptors (Lipinski definition) is 4. The van der Waals surface area contributed by atoms with Crippen LogP contribution >= 0.6 is 0 Å². The molecule has 4 heteroatoms. The van der Waals surface area contributed by atoms with Crippen LogP contribution in [0.2, 0.25) is 0 Å². The zero-order valence-corrected chi connectivity index (χ0v) is 11.7. The van der Waals surface area contributed by atoms with Crippen molar-refractivity contribution in [2.45, 2.75) is 18.9 Å². The highest BCUT2D eigenvalue weighted by molar-refractivity contribution is 5.14. The van der Waals surface area contributed by atoms with Crippen LogP contribution in [0, 0.1) is 0 Å². The Hall–Kier alpha value is -0.940. The van der Waals surface area contributed by atoms with Crippen LogP contribution in [0.25, 0.3) is 0 Å². The van der Waals surface area contributed by atoms with Gasteiger partial charge in [0.05, 0.1) is 13.2 Å². The molecule has 1 aromatic carbocycles. The largest absolute Gasteiger partial charge is 0.382 e. The Bertz CT molecular complexity index is 345. The van der Waals surface area contributed by atoms with E-state index in [1.807, 2.05) is 0 Å². The fourth-order valence-corrected chi connectivity index (χ4v) is 2.37. The van der Waals surface area contributed by atoms with E-state index in [-0.39, 0.29) is 0 Å². The highest BCUT2D eigenvalue weighted by Gasteiger charge is 2.21. The number of nitrogens with zero attached hydrogens (tertiary/aromatic N) is 1. The summed E-state index contributed by atoms with van der Waals surface area (Å²) in [6.07, 6.45) is 2.28. The minimum absolute atomic E-state index is 0.452. The molecule has 1 aliphatic rings. The number of nitrogens with one attached hydrogen (secondary N) is 1. The summed E-state index contributed by atoms with van der Waals surface area (Å²) in [7, 11) is 1.68. The molecule has 1 unspecified atom stereocenters. The van der Waals surface area contributed by atoms with Crippen molar-refractivity contribution < 1.29 is 9.57 Å². The maximum Gasteiger partial charge on any atom is 0.0916 e. The van der Waals surface area contributed by atoms with E-state index in [4.69, 9.17) is 9.57 Å². The van der Waals surface area contributed by atoms with Crippen LogP contribution in [0.4, 0.5) is 0 Å². The maximum atomic E-state index is 5.37. The van der Waals surface area contributed by atoms with Gasteiger partial charge in [0.25, 0.3) is 0 Å². The zero-order chi connectivity index (χ0) is 13.3. The van der Waals surface area contributed by atoms with Crippen molar-refractivity contribution in [1.82, 2.24) is 10.4 Å². The molecule has 0 aromatic heterocycles. The first-order valence-corrected chi connectivity index (χ1v) is 7.01. The highest BCUT2D eigenvalue weighted by atomic mass is 16.7. The summed E-state index contributed by atoms with van der Waals surface area (Å²) in [4.78, 5) is 7.86. The maximum absolute atomic E-state index is 5.37. The fraction of sp³-hybridized carbons (Fsp3) is 0.600. The standard InChI is InChI=1S/C15H24N2O2/c1-18-11-12-19-16-15-8-10-17(13-15)9-7-14-5-3-2-4-6-14/h2-6,15-16H,7-13H2,1H3. The van der Waals surface area contributed by atoms with Gasteiger partial charge in [0.1, 0.15) is 0 Å². The first kappa shape index (κ1) is 14.5. The lowest BCUT2D eigenvalue weighted by atomic mass is 10.1. The molecule has 0 spiro atoms. The van der Waals surface area contributed by atoms with E-state index in [2.05, 4.69) is 40.7 Å². The van der Waals surface area contributed by atoms with Gasteiger partial charge < -0.3 is 9.64 Å². The molecule has 0 radical (unpaired) electrons. The Balaban J connectivity index is 1.60. The molecule has 106 valence electrons. The van der Waals surface area contributed by atoms with Gasteiger partial charge in [0.2, 0.25) is 0 Å². The summed E-state index contributed by atoms with van der Waals surface area (Å²) in [6.45, 7) is 4.59. The Morgan fingerprint density at radius 2 is 2.11 bits per heavy atom. The van der Waals surface area contributed by atoms with Crippen LogP contribution in [0.15, 0.2) is 30.3 Å². The van der Waals surface area contributed by atoms with Crippen molar-refractivity contribution in [3.8, 4) is 0 Å². The molecule has 0 aliphatic carbocycles. The van der Waals surface area contributed by atoms with Crippen molar-refractivity contribution in [2.75, 3.05) is 40.0 Å². The number of benzene rings is 1. The average molecular weight is 264 g/mol. The van der Waals surface area contributed by atoms with Gasteiger partial charge in [0.15, 0.2) is 0 Å². The summed E-state index contributed by atoms with van der Waals surface area (Å²) in [6, 6.07) is 11.1. The van der Waals surface area contributed by atoms with Gasteiger partial charge in [-0.3, -0.25) is 4.84 Å². The molecule has 2 rings (SSSR count). The highest BCUT2D eigenvalue weighted by Crippen LogP contribution is 2.10. The second-order valence-electron chi connectivity index (χ2n) is 4.98. The van der Waals surface area contributed by atoms with Gasteiger partial charge in [-0.15, -0.1) is 0 Å². The smallest absolute Gasteiger partial charge is 0.0916 e. The van der Waals surface area contributed by atoms with Gasteiger partial charge >= 0.3 is 0 Å². The van der Waals surface area contributed by atoms with Crippen LogP contribution < -0.4 is 5.48 Å². The molecular formula is C15H24N2O2. The van der Waals surface area contributed by atoms with E-state index >= 15 is 0 Å². The Morgan fingerprint density at radius 1 is 1.26 bits per heavy atom. The molecule has 1 N–H and O–H groups in total. The first-order chi connectivity index (χ1) is 9.38. The second kappa shape index (κ2) is 8.27. The molecule has 1 fully saturated rings. The third-order valence-corrected chi connectivity index (χ3v) is 3.47. The Kier molecular flexibility index (Phi) is 6.30. The number of ether oxygens (including phenoxy) is 1. The molecule has 1 heterocycles. The lowest BCUT2D eigenvalue weighted by Gasteiger charge is -2.16. The lowest BCUT2D eigenvalue weighted by Crippen LogP contribution is -2.34. The summed E-state index contributed by atoms with van der Waals surface area (Å²) < 4.78 is 4.94. The Morgan fingerprint density at radius 3 is 2.89 bits per heavy atom. The third-order valence-electron chi connectivity index (χ3n) is 3.47. The third kappa shape index (κ3) is 5.28. The first-order valence-electron chi connectivity index (χ1n) is 7.01. The molecule has 4 nitrogen and oxygen atoms in total. The summed E-state index contributed by atoms with van der Waals surface area (Å²) in [5.41, 5.74) is 4.54. The van der Waals surface area contributed by atoms with E-state index in [1.54, 1.807) is 7.11 Å². The van der Waals surface area contributed by atoms with Crippen LogP contribution in [-0.4, -0.2) is 50.9 Å². The molecular weight excluding hydrogens is 240 g/mol. The van der Waals surface area contributed by atoms with Crippen LogP contribution in [0.3, 0.4) is 0 Å². The van der Waals surface area contributed by atoms with Gasteiger partial charge in [-0.2, -0.15) is 5.48 Å². The Labute approximate surface area is 115 Å². The SMILES string of the molecule is COCCONC1CCN(CCc2ccccc2)C1. The summed E-state index contributed by atoms with van der Waals surface area (Å²) >= 11 is 0. The van der Waals surface area contributed by atoms with Gasteiger partial charge in [-0.1, -0.05) is 30.3 Å². The average Bonchev–Trinajstić information content (AvgIpc) is 2.91. The minimum atomic E-state index is 0.452. The monoisotopic (exact) mass is 264 g/mol. The molecule has 0 amide bonds. The summed E-state index contributed by atoms with van der Waals surface area (Å²) in [5, 5.41) is 0. The molecule has 1 saturated heterocycles. The van der Waals surface area contributed by atoms with Gasteiger partial charge in [-0.25, -0.2) is 0 Å². The number of hydrogen-bond donors (Lipinski definition) is 1. The topological polar surface area (TPSA) is 33.7 Å². The predicted molar refractivity (Wildman–Crippen MR) is 76.0 cm³/mol. The number of likely N-dealkylation sites (tertiary alicyclic amines) is 1. The molecule has 1 atom stereocenters. The van der Waals surface area contributed by atoms with Crippen molar-refractivity contribution in [1.29, 1.82) is 0 Å². The second-order valence-corrected chi connectivity index (χ2v) is 4.98. The van der Waals surface area contributed by atoms with Crippen LogP contribution in [0.5, 0.6) is 0 Å². The van der Waals surface area contributed by atoms with Crippen molar-refractivity contribution in [3.05, 3.63) is 35.9 Å². The number of methoxy groups -OCH3 is 1.